The Morgan fingerprint density at radius 3 is 2.58 bits per heavy atom. The number of benzene rings is 1. The number of carbonyl (C=O) groups is 1. The molecule has 0 radical (unpaired) electrons. The van der Waals surface area contributed by atoms with Crippen LogP contribution in [0.2, 0.25) is 5.02 Å². The highest BCUT2D eigenvalue weighted by Crippen LogP contribution is 2.21. The van der Waals surface area contributed by atoms with Crippen molar-refractivity contribution < 1.29 is 9.18 Å². The van der Waals surface area contributed by atoms with Crippen LogP contribution in [-0.2, 0) is 0 Å². The number of nitrogens with zero attached hydrogens (tertiary/aromatic N) is 3. The molecule has 1 aliphatic rings. The third-order valence-electron chi connectivity index (χ3n) is 3.99. The van der Waals surface area contributed by atoms with Gasteiger partial charge in [0.2, 0.25) is 0 Å². The van der Waals surface area contributed by atoms with E-state index in [0.29, 0.717) is 5.69 Å². The number of halogens is 2. The molecule has 5 nitrogen and oxygen atoms in total. The fourth-order valence-electron chi connectivity index (χ4n) is 2.71. The van der Waals surface area contributed by atoms with Crippen molar-refractivity contribution in [3.63, 3.8) is 0 Å². The van der Waals surface area contributed by atoms with Gasteiger partial charge < -0.3 is 10.2 Å². The monoisotopic (exact) mass is 348 g/mol. The van der Waals surface area contributed by atoms with E-state index in [1.165, 1.54) is 37.4 Å². The Bertz CT molecular complexity index is 732. The molecule has 1 aromatic heterocycles. The van der Waals surface area contributed by atoms with Gasteiger partial charge in [0.05, 0.1) is 5.02 Å². The van der Waals surface area contributed by atoms with Crippen molar-refractivity contribution in [2.45, 2.75) is 25.7 Å². The zero-order valence-electron chi connectivity index (χ0n) is 13.1. The number of amides is 1. The molecule has 0 bridgehead atoms. The number of aromatic nitrogens is 2. The maximum Gasteiger partial charge on any atom is 0.274 e. The van der Waals surface area contributed by atoms with E-state index in [4.69, 9.17) is 11.6 Å². The lowest BCUT2D eigenvalue weighted by Crippen LogP contribution is -2.25. The highest BCUT2D eigenvalue weighted by molar-refractivity contribution is 6.31. The molecule has 0 atom stereocenters. The zero-order chi connectivity index (χ0) is 16.9. The largest absolute Gasteiger partial charge is 0.357 e. The summed E-state index contributed by atoms with van der Waals surface area (Å²) in [5.74, 6) is -0.148. The lowest BCUT2D eigenvalue weighted by atomic mass is 10.2. The topological polar surface area (TPSA) is 58.1 Å². The van der Waals surface area contributed by atoms with E-state index in [0.717, 1.165) is 31.7 Å². The molecule has 0 aliphatic carbocycles. The lowest BCUT2D eigenvalue weighted by Gasteiger charge is -2.21. The van der Waals surface area contributed by atoms with E-state index in [1.807, 2.05) is 0 Å². The van der Waals surface area contributed by atoms with Gasteiger partial charge in [-0.2, -0.15) is 0 Å². The standard InChI is InChI=1S/C17H18ClFN4O/c18-13-9-12(5-6-14(13)19)22-17(24)15-10-16(21-11-20-15)23-7-3-1-2-4-8-23/h5-6,9-11H,1-4,7-8H2,(H,22,24). The normalized spacial score (nSPS) is 15.0. The number of hydrogen-bond acceptors (Lipinski definition) is 4. The Morgan fingerprint density at radius 1 is 1.12 bits per heavy atom. The molecule has 2 aromatic rings. The second-order valence-corrected chi connectivity index (χ2v) is 6.15. The van der Waals surface area contributed by atoms with E-state index < -0.39 is 5.82 Å². The van der Waals surface area contributed by atoms with Gasteiger partial charge in [-0.3, -0.25) is 4.79 Å². The van der Waals surface area contributed by atoms with Gasteiger partial charge in [0, 0.05) is 24.8 Å². The Balaban J connectivity index is 1.74. The van der Waals surface area contributed by atoms with E-state index in [1.54, 1.807) is 6.07 Å². The summed E-state index contributed by atoms with van der Waals surface area (Å²) in [6.07, 6.45) is 6.09. The van der Waals surface area contributed by atoms with Crippen LogP contribution in [0.3, 0.4) is 0 Å². The summed E-state index contributed by atoms with van der Waals surface area (Å²) in [6, 6.07) is 5.72. The summed E-state index contributed by atoms with van der Waals surface area (Å²) >= 11 is 5.73. The lowest BCUT2D eigenvalue weighted by molar-refractivity contribution is 0.102. The SMILES string of the molecule is O=C(Nc1ccc(F)c(Cl)c1)c1cc(N2CCCCCC2)ncn1. The molecule has 0 unspecified atom stereocenters. The first-order valence-electron chi connectivity index (χ1n) is 7.97. The maximum atomic E-state index is 13.2. The van der Waals surface area contributed by atoms with Crippen LogP contribution in [0.15, 0.2) is 30.6 Å². The van der Waals surface area contributed by atoms with Crippen molar-refractivity contribution in [2.75, 3.05) is 23.3 Å². The van der Waals surface area contributed by atoms with Crippen molar-refractivity contribution in [1.29, 1.82) is 0 Å². The quantitative estimate of drug-likeness (QED) is 0.913. The molecule has 1 aliphatic heterocycles. The first-order chi connectivity index (χ1) is 11.6. The van der Waals surface area contributed by atoms with Crippen molar-refractivity contribution in [2.24, 2.45) is 0 Å². The molecular weight excluding hydrogens is 331 g/mol. The highest BCUT2D eigenvalue weighted by atomic mass is 35.5. The van der Waals surface area contributed by atoms with Crippen LogP contribution in [0.25, 0.3) is 0 Å². The van der Waals surface area contributed by atoms with Gasteiger partial charge in [-0.05, 0) is 31.0 Å². The fourth-order valence-corrected chi connectivity index (χ4v) is 2.89. The molecule has 1 aromatic carbocycles. The number of rotatable bonds is 3. The summed E-state index contributed by atoms with van der Waals surface area (Å²) in [4.78, 5) is 22.9. The predicted molar refractivity (Wildman–Crippen MR) is 92.1 cm³/mol. The molecule has 2 heterocycles. The Kier molecular flexibility index (Phi) is 5.25. The molecule has 0 spiro atoms. The summed E-state index contributed by atoms with van der Waals surface area (Å²) in [7, 11) is 0. The Labute approximate surface area is 144 Å². The van der Waals surface area contributed by atoms with Crippen molar-refractivity contribution in [1.82, 2.24) is 9.97 Å². The van der Waals surface area contributed by atoms with Gasteiger partial charge >= 0.3 is 0 Å². The first kappa shape index (κ1) is 16.6. The summed E-state index contributed by atoms with van der Waals surface area (Å²) < 4.78 is 13.2. The second-order valence-electron chi connectivity index (χ2n) is 5.75. The van der Waals surface area contributed by atoms with Gasteiger partial charge in [-0.1, -0.05) is 24.4 Å². The molecule has 1 saturated heterocycles. The minimum Gasteiger partial charge on any atom is -0.357 e. The minimum atomic E-state index is -0.528. The van der Waals surface area contributed by atoms with Gasteiger partial charge in [0.25, 0.3) is 5.91 Å². The average molecular weight is 349 g/mol. The smallest absolute Gasteiger partial charge is 0.274 e. The van der Waals surface area contributed by atoms with Crippen LogP contribution in [0.4, 0.5) is 15.9 Å². The number of hydrogen-bond donors (Lipinski definition) is 1. The van der Waals surface area contributed by atoms with E-state index in [2.05, 4.69) is 20.2 Å². The van der Waals surface area contributed by atoms with Crippen LogP contribution >= 0.6 is 11.6 Å². The third kappa shape index (κ3) is 4.00. The van der Waals surface area contributed by atoms with Crippen LogP contribution in [0.5, 0.6) is 0 Å². The third-order valence-corrected chi connectivity index (χ3v) is 4.28. The molecule has 3 rings (SSSR count). The number of anilines is 2. The number of carbonyl (C=O) groups excluding carboxylic acids is 1. The molecule has 7 heteroatoms. The minimum absolute atomic E-state index is 0.0410. The molecular formula is C17H18ClFN4O. The van der Waals surface area contributed by atoms with E-state index >= 15 is 0 Å². The van der Waals surface area contributed by atoms with Gasteiger partial charge in [0.1, 0.15) is 23.7 Å². The van der Waals surface area contributed by atoms with Crippen molar-refractivity contribution in [3.8, 4) is 0 Å². The molecule has 1 amide bonds. The van der Waals surface area contributed by atoms with Crippen molar-refractivity contribution >= 4 is 29.0 Å². The summed E-state index contributed by atoms with van der Waals surface area (Å²) in [5, 5.41) is 2.63. The van der Waals surface area contributed by atoms with E-state index in [-0.39, 0.29) is 16.6 Å². The van der Waals surface area contributed by atoms with E-state index in [9.17, 15) is 9.18 Å². The molecule has 1 N–H and O–H groups in total. The number of nitrogens with one attached hydrogen (secondary N) is 1. The van der Waals surface area contributed by atoms with Crippen LogP contribution in [-0.4, -0.2) is 29.0 Å². The van der Waals surface area contributed by atoms with Crippen LogP contribution < -0.4 is 10.2 Å². The molecule has 1 fully saturated rings. The van der Waals surface area contributed by atoms with Gasteiger partial charge in [-0.25, -0.2) is 14.4 Å². The average Bonchev–Trinajstić information content (AvgIpc) is 2.88. The Morgan fingerprint density at radius 2 is 1.88 bits per heavy atom. The summed E-state index contributed by atoms with van der Waals surface area (Å²) in [6.45, 7) is 1.87. The Hall–Kier alpha value is -2.21. The van der Waals surface area contributed by atoms with Gasteiger partial charge in [-0.15, -0.1) is 0 Å². The summed E-state index contributed by atoms with van der Waals surface area (Å²) in [5.41, 5.74) is 0.686. The van der Waals surface area contributed by atoms with Crippen LogP contribution in [0, 0.1) is 5.82 Å². The molecule has 24 heavy (non-hydrogen) atoms. The molecule has 0 saturated carbocycles. The predicted octanol–water partition coefficient (Wildman–Crippen LogP) is 3.90. The van der Waals surface area contributed by atoms with Crippen molar-refractivity contribution in [3.05, 3.63) is 47.1 Å². The second kappa shape index (κ2) is 7.57. The fraction of sp³-hybridized carbons (Fsp3) is 0.353. The van der Waals surface area contributed by atoms with Gasteiger partial charge in [0.15, 0.2) is 0 Å². The molecule has 126 valence electrons. The maximum absolute atomic E-state index is 13.2. The van der Waals surface area contributed by atoms with Crippen LogP contribution in [0.1, 0.15) is 36.2 Å². The zero-order valence-corrected chi connectivity index (χ0v) is 13.9. The highest BCUT2D eigenvalue weighted by Gasteiger charge is 2.15. The first-order valence-corrected chi connectivity index (χ1v) is 8.35.